The van der Waals surface area contributed by atoms with Crippen molar-refractivity contribution in [1.29, 1.82) is 0 Å². The van der Waals surface area contributed by atoms with Crippen molar-refractivity contribution < 1.29 is 39.6 Å². The summed E-state index contributed by atoms with van der Waals surface area (Å²) in [7, 11) is 0. The van der Waals surface area contributed by atoms with E-state index in [0.29, 0.717) is 0 Å². The van der Waals surface area contributed by atoms with Crippen molar-refractivity contribution in [2.45, 2.75) is 38.5 Å². The summed E-state index contributed by atoms with van der Waals surface area (Å²) in [5, 5.41) is 46.4. The second kappa shape index (κ2) is 3.80. The summed E-state index contributed by atoms with van der Waals surface area (Å²) < 4.78 is 0. The predicted molar refractivity (Wildman–Crippen MR) is 57.5 cm³/mol. The molecule has 4 aliphatic carbocycles. The minimum atomic E-state index is -1.82. The molecule has 0 unspecified atom stereocenters. The lowest BCUT2D eigenvalue weighted by Crippen LogP contribution is -2.73. The molecule has 4 bridgehead atoms. The molecule has 120 valence electrons. The molecule has 8 heteroatoms. The van der Waals surface area contributed by atoms with E-state index in [9.17, 15) is 39.6 Å². The van der Waals surface area contributed by atoms with Gasteiger partial charge in [0.25, 0.3) is 0 Å². The Hall–Kier alpha value is -2.12. The molecule has 0 saturated heterocycles. The van der Waals surface area contributed by atoms with Crippen LogP contribution in [-0.2, 0) is 19.2 Å². The molecule has 0 radical (unpaired) electrons. The summed E-state index contributed by atoms with van der Waals surface area (Å²) in [6, 6.07) is 0. The third-order valence-electron chi connectivity index (χ3n) is 5.79. The van der Waals surface area contributed by atoms with E-state index in [1.807, 2.05) is 0 Å². The molecule has 0 aliphatic heterocycles. The summed E-state index contributed by atoms with van der Waals surface area (Å²) in [6.07, 6.45) is -2.28. The van der Waals surface area contributed by atoms with Crippen molar-refractivity contribution in [3.05, 3.63) is 0 Å². The molecule has 0 atom stereocenters. The number of rotatable bonds is 4. The van der Waals surface area contributed by atoms with E-state index in [4.69, 9.17) is 0 Å². The third-order valence-corrected chi connectivity index (χ3v) is 5.79. The number of hydrogen-bond acceptors (Lipinski definition) is 8. The van der Waals surface area contributed by atoms with Crippen molar-refractivity contribution in [3.63, 3.8) is 0 Å². The van der Waals surface area contributed by atoms with Crippen LogP contribution in [0, 0.1) is 21.7 Å². The fourth-order valence-electron chi connectivity index (χ4n) is 5.50. The molecule has 22 heavy (non-hydrogen) atoms. The highest BCUT2D eigenvalue weighted by Crippen LogP contribution is 2.73. The maximum Gasteiger partial charge on any atom is 0.0477 e. The fraction of sp³-hybridized carbons (Fsp3) is 0.714. The van der Waals surface area contributed by atoms with Crippen molar-refractivity contribution in [2.75, 3.05) is 0 Å². The molecule has 4 saturated carbocycles. The molecule has 0 spiro atoms. The number of carboxylic acid groups (broad SMARTS) is 4. The van der Waals surface area contributed by atoms with E-state index >= 15 is 0 Å². The Bertz CT molecular complexity index is 477. The van der Waals surface area contributed by atoms with Crippen LogP contribution in [0.2, 0.25) is 0 Å². The fourth-order valence-corrected chi connectivity index (χ4v) is 5.50. The van der Waals surface area contributed by atoms with Gasteiger partial charge in [0.05, 0.1) is 0 Å². The highest BCUT2D eigenvalue weighted by atomic mass is 16.4. The smallest absolute Gasteiger partial charge is 0.0477 e. The first-order valence-corrected chi connectivity index (χ1v) is 6.88. The first-order chi connectivity index (χ1) is 10.0. The first kappa shape index (κ1) is 14.8. The van der Waals surface area contributed by atoms with Crippen LogP contribution in [0.5, 0.6) is 0 Å². The number of aliphatic carboxylic acids is 4. The zero-order chi connectivity index (χ0) is 16.6. The van der Waals surface area contributed by atoms with Crippen LogP contribution in [-0.4, -0.2) is 23.9 Å². The van der Waals surface area contributed by atoms with Crippen LogP contribution in [0.25, 0.3) is 0 Å². The molecule has 0 aromatic rings. The van der Waals surface area contributed by atoms with Gasteiger partial charge < -0.3 is 39.6 Å². The molecule has 4 fully saturated rings. The third kappa shape index (κ3) is 1.52. The van der Waals surface area contributed by atoms with E-state index in [1.165, 1.54) is 0 Å². The van der Waals surface area contributed by atoms with Crippen LogP contribution >= 0.6 is 0 Å². The zero-order valence-electron chi connectivity index (χ0n) is 11.5. The maximum atomic E-state index is 11.6. The second-order valence-electron chi connectivity index (χ2n) is 7.33. The molecule has 0 aromatic heterocycles. The molecule has 0 amide bonds. The first-order valence-electron chi connectivity index (χ1n) is 6.88. The normalized spacial score (nSPS) is 45.5. The van der Waals surface area contributed by atoms with Gasteiger partial charge in [-0.3, -0.25) is 0 Å². The summed E-state index contributed by atoms with van der Waals surface area (Å²) >= 11 is 0. The second-order valence-corrected chi connectivity index (χ2v) is 7.33. The van der Waals surface area contributed by atoms with Gasteiger partial charge in [0.2, 0.25) is 0 Å². The van der Waals surface area contributed by atoms with Gasteiger partial charge in [0.1, 0.15) is 0 Å². The average Bonchev–Trinajstić information content (AvgIpc) is 2.36. The van der Waals surface area contributed by atoms with Crippen LogP contribution in [0.3, 0.4) is 0 Å². The molecule has 4 rings (SSSR count). The number of carbonyl (C=O) groups is 4. The number of carboxylic acids is 4. The molecule has 4 aliphatic rings. The minimum Gasteiger partial charge on any atom is -0.550 e. The van der Waals surface area contributed by atoms with E-state index in [2.05, 4.69) is 0 Å². The van der Waals surface area contributed by atoms with Gasteiger partial charge in [-0.15, -0.1) is 0 Å². The molecule has 0 N–H and O–H groups in total. The van der Waals surface area contributed by atoms with Crippen LogP contribution < -0.4 is 20.4 Å². The summed E-state index contributed by atoms with van der Waals surface area (Å²) in [6.45, 7) is 0. The highest BCUT2D eigenvalue weighted by molar-refractivity contribution is 5.88. The van der Waals surface area contributed by atoms with Crippen molar-refractivity contribution >= 4 is 23.9 Å². The van der Waals surface area contributed by atoms with Crippen LogP contribution in [0.15, 0.2) is 0 Å². The standard InChI is InChI=1S/C14H16O8/c15-7(16)11-1-12(8(17)18)4-13(2-11,9(19)20)6-14(3-11,5-12)10(21)22/h1-6H2,(H,15,16)(H,17,18)(H,19,20)(H,21,22)/p-4. The molecule has 0 aromatic carbocycles. The zero-order valence-corrected chi connectivity index (χ0v) is 11.5. The quantitative estimate of drug-likeness (QED) is 0.500. The topological polar surface area (TPSA) is 161 Å². The Morgan fingerprint density at radius 2 is 0.591 bits per heavy atom. The summed E-state index contributed by atoms with van der Waals surface area (Å²) in [5.74, 6) is -6.52. The van der Waals surface area contributed by atoms with Crippen LogP contribution in [0.1, 0.15) is 38.5 Å². The van der Waals surface area contributed by atoms with Crippen molar-refractivity contribution in [2.24, 2.45) is 21.7 Å². The lowest BCUT2D eigenvalue weighted by Gasteiger charge is -2.71. The lowest BCUT2D eigenvalue weighted by molar-refractivity contribution is -0.371. The van der Waals surface area contributed by atoms with E-state index in [-0.39, 0.29) is 38.5 Å². The predicted octanol–water partition coefficient (Wildman–Crippen LogP) is -4.69. The van der Waals surface area contributed by atoms with Crippen LogP contribution in [0.4, 0.5) is 0 Å². The molecule has 8 nitrogen and oxygen atoms in total. The number of carbonyl (C=O) groups excluding carboxylic acids is 4. The van der Waals surface area contributed by atoms with E-state index in [0.717, 1.165) is 0 Å². The van der Waals surface area contributed by atoms with Crippen molar-refractivity contribution in [3.8, 4) is 0 Å². The number of hydrogen-bond donors (Lipinski definition) is 0. The summed E-state index contributed by atoms with van der Waals surface area (Å²) in [5.41, 5.74) is -7.30. The lowest BCUT2D eigenvalue weighted by atomic mass is 9.35. The van der Waals surface area contributed by atoms with E-state index < -0.39 is 45.5 Å². The minimum absolute atomic E-state index is 0.380. The van der Waals surface area contributed by atoms with Gasteiger partial charge in [-0.2, -0.15) is 0 Å². The van der Waals surface area contributed by atoms with Gasteiger partial charge in [-0.05, 0) is 38.5 Å². The summed E-state index contributed by atoms with van der Waals surface area (Å²) in [4.78, 5) is 46.4. The Morgan fingerprint density at radius 1 is 0.455 bits per heavy atom. The SMILES string of the molecule is O=C([O-])C12CC3(C(=O)[O-])CC(C(=O)[O-])(C1)CC(C(=O)[O-])(C2)C3. The largest absolute Gasteiger partial charge is 0.550 e. The Kier molecular flexibility index (Phi) is 2.55. The highest BCUT2D eigenvalue weighted by Gasteiger charge is 2.70. The van der Waals surface area contributed by atoms with Gasteiger partial charge in [-0.1, -0.05) is 0 Å². The average molecular weight is 308 g/mol. The molecular weight excluding hydrogens is 296 g/mol. The maximum absolute atomic E-state index is 11.6. The van der Waals surface area contributed by atoms with Gasteiger partial charge in [0, 0.05) is 45.5 Å². The monoisotopic (exact) mass is 308 g/mol. The van der Waals surface area contributed by atoms with E-state index in [1.54, 1.807) is 0 Å². The Morgan fingerprint density at radius 3 is 0.682 bits per heavy atom. The van der Waals surface area contributed by atoms with Crippen molar-refractivity contribution in [1.82, 2.24) is 0 Å². The van der Waals surface area contributed by atoms with Gasteiger partial charge >= 0.3 is 0 Å². The van der Waals surface area contributed by atoms with Gasteiger partial charge in [-0.25, -0.2) is 0 Å². The van der Waals surface area contributed by atoms with Gasteiger partial charge in [0.15, 0.2) is 0 Å². The molecular formula is C14H12O8-4. The molecule has 0 heterocycles. The Balaban J connectivity index is 2.26. The Labute approximate surface area is 124 Å².